The maximum Gasteiger partial charge on any atom is 0.203 e. The number of aromatic amines is 1. The van der Waals surface area contributed by atoms with Gasteiger partial charge in [-0.05, 0) is 18.2 Å². The van der Waals surface area contributed by atoms with Crippen molar-refractivity contribution in [2.45, 2.75) is 0 Å². The van der Waals surface area contributed by atoms with E-state index in [-0.39, 0.29) is 0 Å². The molecule has 3 rings (SSSR count). The monoisotopic (exact) mass is 299 g/mol. The summed E-state index contributed by atoms with van der Waals surface area (Å²) in [6.07, 6.45) is 0. The van der Waals surface area contributed by atoms with E-state index < -0.39 is 0 Å². The molecular formula is C16H17N3O3. The number of H-pyrrole nitrogens is 1. The Morgan fingerprint density at radius 1 is 0.955 bits per heavy atom. The van der Waals surface area contributed by atoms with E-state index in [4.69, 9.17) is 19.9 Å². The van der Waals surface area contributed by atoms with E-state index in [1.54, 1.807) is 21.3 Å². The van der Waals surface area contributed by atoms with Gasteiger partial charge in [0.2, 0.25) is 5.75 Å². The maximum absolute atomic E-state index is 5.97. The number of rotatable bonds is 4. The highest BCUT2D eigenvalue weighted by Crippen LogP contribution is 2.45. The van der Waals surface area contributed by atoms with Crippen LogP contribution in [-0.4, -0.2) is 31.5 Å². The molecule has 0 unspecified atom stereocenters. The lowest BCUT2D eigenvalue weighted by molar-refractivity contribution is 0.325. The highest BCUT2D eigenvalue weighted by molar-refractivity contribution is 6.00. The van der Waals surface area contributed by atoms with E-state index in [0.717, 1.165) is 22.2 Å². The Balaban J connectivity index is 2.29. The zero-order valence-corrected chi connectivity index (χ0v) is 12.6. The third-order valence-electron chi connectivity index (χ3n) is 3.59. The predicted octanol–water partition coefficient (Wildman–Crippen LogP) is 2.84. The quantitative estimate of drug-likeness (QED) is 0.724. The average molecular weight is 299 g/mol. The molecule has 0 aliphatic heterocycles. The normalized spacial score (nSPS) is 10.7. The lowest BCUT2D eigenvalue weighted by Crippen LogP contribution is -1.97. The molecule has 2 aromatic carbocycles. The first kappa shape index (κ1) is 14.1. The first-order valence-corrected chi connectivity index (χ1v) is 6.73. The lowest BCUT2D eigenvalue weighted by atomic mass is 10.1. The smallest absolute Gasteiger partial charge is 0.203 e. The molecule has 0 spiro atoms. The van der Waals surface area contributed by atoms with Crippen LogP contribution in [-0.2, 0) is 0 Å². The topological polar surface area (TPSA) is 82.4 Å². The van der Waals surface area contributed by atoms with Gasteiger partial charge in [-0.1, -0.05) is 12.1 Å². The number of nitrogen functional groups attached to an aromatic ring is 1. The number of nitrogens with zero attached hydrogens (tertiary/aromatic N) is 1. The van der Waals surface area contributed by atoms with Crippen molar-refractivity contribution in [1.29, 1.82) is 0 Å². The van der Waals surface area contributed by atoms with Crippen LogP contribution in [0.1, 0.15) is 0 Å². The summed E-state index contributed by atoms with van der Waals surface area (Å²) in [6, 6.07) is 9.39. The molecule has 6 heteroatoms. The summed E-state index contributed by atoms with van der Waals surface area (Å²) in [5.41, 5.74) is 8.97. The van der Waals surface area contributed by atoms with Gasteiger partial charge in [-0.15, -0.1) is 0 Å². The molecule has 1 aromatic heterocycles. The molecule has 0 fully saturated rings. The van der Waals surface area contributed by atoms with Gasteiger partial charge in [0, 0.05) is 10.9 Å². The molecule has 0 aliphatic carbocycles. The molecule has 0 radical (unpaired) electrons. The van der Waals surface area contributed by atoms with E-state index in [0.29, 0.717) is 22.9 Å². The molecule has 114 valence electrons. The van der Waals surface area contributed by atoms with Gasteiger partial charge in [0.25, 0.3) is 0 Å². The number of aromatic nitrogens is 2. The minimum absolute atomic E-state index is 0.530. The van der Waals surface area contributed by atoms with Crippen molar-refractivity contribution in [1.82, 2.24) is 10.2 Å². The van der Waals surface area contributed by atoms with Crippen LogP contribution in [0.4, 0.5) is 5.69 Å². The molecule has 0 aliphatic rings. The average Bonchev–Trinajstić information content (AvgIpc) is 2.98. The van der Waals surface area contributed by atoms with Gasteiger partial charge in [-0.25, -0.2) is 0 Å². The molecule has 0 bridgehead atoms. The Hall–Kier alpha value is -2.89. The van der Waals surface area contributed by atoms with E-state index in [9.17, 15) is 0 Å². The summed E-state index contributed by atoms with van der Waals surface area (Å²) < 4.78 is 16.2. The number of para-hydroxylation sites is 1. The van der Waals surface area contributed by atoms with Crippen LogP contribution in [0.25, 0.3) is 22.2 Å². The van der Waals surface area contributed by atoms with Crippen LogP contribution in [0.15, 0.2) is 30.3 Å². The van der Waals surface area contributed by atoms with Crippen LogP contribution < -0.4 is 19.9 Å². The molecule has 0 atom stereocenters. The molecular weight excluding hydrogens is 282 g/mol. The van der Waals surface area contributed by atoms with Crippen molar-refractivity contribution < 1.29 is 14.2 Å². The van der Waals surface area contributed by atoms with Gasteiger partial charge in [0.15, 0.2) is 11.5 Å². The number of ether oxygens (including phenoxy) is 3. The highest BCUT2D eigenvalue weighted by Gasteiger charge is 2.20. The Labute approximate surface area is 127 Å². The fourth-order valence-electron chi connectivity index (χ4n) is 2.56. The Kier molecular flexibility index (Phi) is 3.50. The number of benzene rings is 2. The van der Waals surface area contributed by atoms with Crippen LogP contribution in [0.3, 0.4) is 0 Å². The van der Waals surface area contributed by atoms with Crippen molar-refractivity contribution in [3.8, 4) is 28.5 Å². The van der Waals surface area contributed by atoms with Crippen LogP contribution in [0.2, 0.25) is 0 Å². The Bertz CT molecular complexity index is 827. The number of hydrogen-bond donors (Lipinski definition) is 2. The lowest BCUT2D eigenvalue weighted by Gasteiger charge is -2.14. The second-order valence-corrected chi connectivity index (χ2v) is 4.72. The summed E-state index contributed by atoms with van der Waals surface area (Å²) in [6.45, 7) is 0. The second-order valence-electron chi connectivity index (χ2n) is 4.72. The van der Waals surface area contributed by atoms with Gasteiger partial charge >= 0.3 is 0 Å². The fraction of sp³-hybridized carbons (Fsp3) is 0.188. The first-order valence-electron chi connectivity index (χ1n) is 6.73. The van der Waals surface area contributed by atoms with Crippen LogP contribution in [0.5, 0.6) is 17.2 Å². The first-order chi connectivity index (χ1) is 10.7. The minimum atomic E-state index is 0.530. The number of nitrogens with two attached hydrogens (primary N) is 1. The fourth-order valence-corrected chi connectivity index (χ4v) is 2.56. The van der Waals surface area contributed by atoms with Crippen molar-refractivity contribution in [3.05, 3.63) is 30.3 Å². The van der Waals surface area contributed by atoms with Crippen molar-refractivity contribution in [3.63, 3.8) is 0 Å². The SMILES string of the molecule is COc1ccc(-c2n[nH]c3c(N)cccc23)c(OC)c1OC. The molecule has 3 aromatic rings. The van der Waals surface area contributed by atoms with Crippen molar-refractivity contribution >= 4 is 16.6 Å². The number of hydrogen-bond acceptors (Lipinski definition) is 5. The van der Waals surface area contributed by atoms with Gasteiger partial charge in [-0.3, -0.25) is 5.10 Å². The van der Waals surface area contributed by atoms with Gasteiger partial charge in [-0.2, -0.15) is 5.10 Å². The van der Waals surface area contributed by atoms with Crippen LogP contribution >= 0.6 is 0 Å². The number of fused-ring (bicyclic) bond motifs is 1. The molecule has 1 heterocycles. The van der Waals surface area contributed by atoms with Gasteiger partial charge in [0.05, 0.1) is 32.5 Å². The number of methoxy groups -OCH3 is 3. The molecule has 0 saturated carbocycles. The van der Waals surface area contributed by atoms with Crippen molar-refractivity contribution in [2.75, 3.05) is 27.1 Å². The molecule has 0 amide bonds. The summed E-state index contributed by atoms with van der Waals surface area (Å²) in [7, 11) is 4.75. The zero-order chi connectivity index (χ0) is 15.7. The third kappa shape index (κ3) is 2.00. The molecule has 22 heavy (non-hydrogen) atoms. The van der Waals surface area contributed by atoms with E-state index in [1.165, 1.54) is 0 Å². The zero-order valence-electron chi connectivity index (χ0n) is 12.6. The Morgan fingerprint density at radius 2 is 1.73 bits per heavy atom. The summed E-state index contributed by atoms with van der Waals surface area (Å²) >= 11 is 0. The van der Waals surface area contributed by atoms with E-state index >= 15 is 0 Å². The third-order valence-corrected chi connectivity index (χ3v) is 3.59. The van der Waals surface area contributed by atoms with E-state index in [2.05, 4.69) is 10.2 Å². The van der Waals surface area contributed by atoms with Crippen molar-refractivity contribution in [2.24, 2.45) is 0 Å². The highest BCUT2D eigenvalue weighted by atomic mass is 16.5. The number of nitrogens with one attached hydrogen (secondary N) is 1. The molecule has 6 nitrogen and oxygen atoms in total. The summed E-state index contributed by atoms with van der Waals surface area (Å²) in [5, 5.41) is 8.28. The molecule has 3 N–H and O–H groups in total. The Morgan fingerprint density at radius 3 is 2.41 bits per heavy atom. The van der Waals surface area contributed by atoms with Crippen LogP contribution in [0, 0.1) is 0 Å². The standard InChI is InChI=1S/C16H17N3O3/c1-20-12-8-7-10(15(21-2)16(12)22-3)13-9-5-4-6-11(17)14(9)19-18-13/h4-8H,17H2,1-3H3,(H,18,19). The predicted molar refractivity (Wildman–Crippen MR) is 85.6 cm³/mol. The van der Waals surface area contributed by atoms with E-state index in [1.807, 2.05) is 30.3 Å². The molecule has 0 saturated heterocycles. The van der Waals surface area contributed by atoms with Gasteiger partial charge in [0.1, 0.15) is 5.69 Å². The maximum atomic E-state index is 5.97. The number of anilines is 1. The summed E-state index contributed by atoms with van der Waals surface area (Å²) in [5.74, 6) is 1.70. The minimum Gasteiger partial charge on any atom is -0.493 e. The second kappa shape index (κ2) is 5.48. The largest absolute Gasteiger partial charge is 0.493 e. The summed E-state index contributed by atoms with van der Waals surface area (Å²) in [4.78, 5) is 0. The van der Waals surface area contributed by atoms with Gasteiger partial charge < -0.3 is 19.9 Å².